The Morgan fingerprint density at radius 2 is 2.05 bits per heavy atom. The van der Waals surface area contributed by atoms with Gasteiger partial charge in [0.2, 0.25) is 5.91 Å². The number of carbonyl (C=O) groups is 2. The molecule has 1 aromatic carbocycles. The van der Waals surface area contributed by atoms with Crippen LogP contribution in [0.15, 0.2) is 30.3 Å². The topological polar surface area (TPSA) is 58.6 Å². The molecular weight excluding hydrogens is 268 g/mol. The number of benzene rings is 1. The monoisotopic (exact) mass is 288 g/mol. The molecule has 3 rings (SSSR count). The lowest BCUT2D eigenvalue weighted by molar-refractivity contribution is -0.128. The maximum absolute atomic E-state index is 11.8. The van der Waals surface area contributed by atoms with Crippen molar-refractivity contribution in [2.45, 2.75) is 25.3 Å². The predicted octanol–water partition coefficient (Wildman–Crippen LogP) is 1.19. The van der Waals surface area contributed by atoms with Crippen molar-refractivity contribution < 1.29 is 14.3 Å². The first-order valence-electron chi connectivity index (χ1n) is 7.46. The minimum Gasteiger partial charge on any atom is -0.484 e. The summed E-state index contributed by atoms with van der Waals surface area (Å²) < 4.78 is 5.38. The Hall–Kier alpha value is -2.04. The number of rotatable bonds is 6. The highest BCUT2D eigenvalue weighted by Crippen LogP contribution is 2.32. The number of amides is 2. The summed E-state index contributed by atoms with van der Waals surface area (Å²) in [6.07, 6.45) is 2.82. The number of ether oxygens (including phenoxy) is 1. The molecular formula is C16H20N2O3. The minimum absolute atomic E-state index is 0.0109. The van der Waals surface area contributed by atoms with Crippen LogP contribution in [0.5, 0.6) is 5.75 Å². The molecule has 1 aliphatic carbocycles. The summed E-state index contributed by atoms with van der Waals surface area (Å²) in [5, 5.41) is 2.85. The van der Waals surface area contributed by atoms with Crippen LogP contribution in [0.4, 0.5) is 0 Å². The van der Waals surface area contributed by atoms with E-state index in [0.717, 1.165) is 19.4 Å². The van der Waals surface area contributed by atoms with Gasteiger partial charge in [-0.1, -0.05) is 18.2 Å². The van der Waals surface area contributed by atoms with Crippen molar-refractivity contribution in [3.63, 3.8) is 0 Å². The van der Waals surface area contributed by atoms with Crippen molar-refractivity contribution in [1.29, 1.82) is 0 Å². The van der Waals surface area contributed by atoms with Crippen LogP contribution in [0.25, 0.3) is 0 Å². The fourth-order valence-electron chi connectivity index (χ4n) is 2.66. The molecule has 0 radical (unpaired) electrons. The summed E-state index contributed by atoms with van der Waals surface area (Å²) in [5.74, 6) is 1.01. The standard InChI is InChI=1S/C16H20N2O3/c19-15(11-21-14-4-2-1-3-5-14)17-9-12-8-16(20)18(10-12)13-6-7-13/h1-5,12-13H,6-11H2,(H,17,19). The zero-order valence-corrected chi connectivity index (χ0v) is 12.0. The highest BCUT2D eigenvalue weighted by molar-refractivity contribution is 5.80. The summed E-state index contributed by atoms with van der Waals surface area (Å²) >= 11 is 0. The Bertz CT molecular complexity index is 514. The molecule has 0 bridgehead atoms. The minimum atomic E-state index is -0.142. The fraction of sp³-hybridized carbons (Fsp3) is 0.500. The van der Waals surface area contributed by atoms with Gasteiger partial charge in [0.1, 0.15) is 5.75 Å². The molecule has 1 saturated heterocycles. The second-order valence-electron chi connectivity index (χ2n) is 5.75. The molecule has 1 aromatic rings. The number of nitrogens with zero attached hydrogens (tertiary/aromatic N) is 1. The van der Waals surface area contributed by atoms with E-state index in [1.165, 1.54) is 0 Å². The third kappa shape index (κ3) is 3.74. The second kappa shape index (κ2) is 6.16. The summed E-state index contributed by atoms with van der Waals surface area (Å²) in [6.45, 7) is 1.34. The SMILES string of the molecule is O=C(COc1ccccc1)NCC1CC(=O)N(C2CC2)C1. The highest BCUT2D eigenvalue weighted by Gasteiger charge is 2.39. The largest absolute Gasteiger partial charge is 0.484 e. The van der Waals surface area contributed by atoms with Crippen LogP contribution in [0.2, 0.25) is 0 Å². The molecule has 2 fully saturated rings. The van der Waals surface area contributed by atoms with Gasteiger partial charge in [-0.2, -0.15) is 0 Å². The lowest BCUT2D eigenvalue weighted by Crippen LogP contribution is -2.34. The summed E-state index contributed by atoms with van der Waals surface area (Å²) in [5.41, 5.74) is 0. The number of likely N-dealkylation sites (tertiary alicyclic amines) is 1. The number of carbonyl (C=O) groups excluding carboxylic acids is 2. The average molecular weight is 288 g/mol. The van der Waals surface area contributed by atoms with E-state index in [4.69, 9.17) is 4.74 Å². The maximum Gasteiger partial charge on any atom is 0.257 e. The number of nitrogens with one attached hydrogen (secondary N) is 1. The third-order valence-corrected chi connectivity index (χ3v) is 3.93. The Balaban J connectivity index is 1.37. The smallest absolute Gasteiger partial charge is 0.257 e. The first-order chi connectivity index (χ1) is 10.2. The van der Waals surface area contributed by atoms with E-state index in [-0.39, 0.29) is 24.3 Å². The predicted molar refractivity (Wildman–Crippen MR) is 77.8 cm³/mol. The van der Waals surface area contributed by atoms with Gasteiger partial charge in [0.15, 0.2) is 6.61 Å². The Morgan fingerprint density at radius 1 is 1.29 bits per heavy atom. The van der Waals surface area contributed by atoms with E-state index in [1.54, 1.807) is 0 Å². The average Bonchev–Trinajstić information content (AvgIpc) is 3.27. The van der Waals surface area contributed by atoms with E-state index in [0.29, 0.717) is 24.8 Å². The molecule has 0 spiro atoms. The third-order valence-electron chi connectivity index (χ3n) is 3.93. The van der Waals surface area contributed by atoms with Gasteiger partial charge in [0.25, 0.3) is 5.91 Å². The molecule has 21 heavy (non-hydrogen) atoms. The molecule has 1 heterocycles. The Morgan fingerprint density at radius 3 is 2.76 bits per heavy atom. The highest BCUT2D eigenvalue weighted by atomic mass is 16.5. The van der Waals surface area contributed by atoms with Gasteiger partial charge in [0, 0.05) is 31.5 Å². The zero-order valence-electron chi connectivity index (χ0n) is 12.0. The molecule has 1 unspecified atom stereocenters. The van der Waals surface area contributed by atoms with Crippen LogP contribution in [0, 0.1) is 5.92 Å². The summed E-state index contributed by atoms with van der Waals surface area (Å²) in [7, 11) is 0. The van der Waals surface area contributed by atoms with Gasteiger partial charge in [-0.05, 0) is 25.0 Å². The van der Waals surface area contributed by atoms with Crippen molar-refractivity contribution in [1.82, 2.24) is 10.2 Å². The van der Waals surface area contributed by atoms with Gasteiger partial charge < -0.3 is 15.0 Å². The van der Waals surface area contributed by atoms with E-state index >= 15 is 0 Å². The van der Waals surface area contributed by atoms with Gasteiger partial charge in [-0.3, -0.25) is 9.59 Å². The Labute approximate surface area is 124 Å². The number of hydrogen-bond acceptors (Lipinski definition) is 3. The van der Waals surface area contributed by atoms with Crippen molar-refractivity contribution in [2.75, 3.05) is 19.7 Å². The summed E-state index contributed by atoms with van der Waals surface area (Å²) in [4.78, 5) is 25.5. The number of para-hydroxylation sites is 1. The van der Waals surface area contributed by atoms with Crippen molar-refractivity contribution >= 4 is 11.8 Å². The molecule has 2 amide bonds. The molecule has 1 N–H and O–H groups in total. The van der Waals surface area contributed by atoms with Crippen LogP contribution in [0.1, 0.15) is 19.3 Å². The normalized spacial score (nSPS) is 21.4. The molecule has 1 aliphatic heterocycles. The quantitative estimate of drug-likeness (QED) is 0.855. The van der Waals surface area contributed by atoms with Crippen LogP contribution >= 0.6 is 0 Å². The van der Waals surface area contributed by atoms with Gasteiger partial charge in [0.05, 0.1) is 0 Å². The van der Waals surface area contributed by atoms with Crippen molar-refractivity contribution in [2.24, 2.45) is 5.92 Å². The van der Waals surface area contributed by atoms with Crippen molar-refractivity contribution in [3.8, 4) is 5.75 Å². The maximum atomic E-state index is 11.8. The first-order valence-corrected chi connectivity index (χ1v) is 7.46. The van der Waals surface area contributed by atoms with Crippen LogP contribution in [-0.4, -0.2) is 42.5 Å². The Kier molecular flexibility index (Phi) is 4.08. The van der Waals surface area contributed by atoms with Crippen LogP contribution in [0.3, 0.4) is 0 Å². The fourth-order valence-corrected chi connectivity index (χ4v) is 2.66. The first kappa shape index (κ1) is 13.9. The molecule has 2 aliphatic rings. The zero-order chi connectivity index (χ0) is 14.7. The molecule has 1 atom stereocenters. The van der Waals surface area contributed by atoms with E-state index in [9.17, 15) is 9.59 Å². The molecule has 112 valence electrons. The van der Waals surface area contributed by atoms with Crippen LogP contribution < -0.4 is 10.1 Å². The van der Waals surface area contributed by atoms with Gasteiger partial charge in [-0.25, -0.2) is 0 Å². The lowest BCUT2D eigenvalue weighted by atomic mass is 10.1. The van der Waals surface area contributed by atoms with E-state index < -0.39 is 0 Å². The second-order valence-corrected chi connectivity index (χ2v) is 5.75. The van der Waals surface area contributed by atoms with Gasteiger partial charge in [-0.15, -0.1) is 0 Å². The molecule has 1 saturated carbocycles. The van der Waals surface area contributed by atoms with E-state index in [2.05, 4.69) is 5.32 Å². The molecule has 5 nitrogen and oxygen atoms in total. The van der Waals surface area contributed by atoms with E-state index in [1.807, 2.05) is 35.2 Å². The summed E-state index contributed by atoms with van der Waals surface area (Å²) in [6, 6.07) is 9.73. The molecule has 5 heteroatoms. The van der Waals surface area contributed by atoms with Crippen molar-refractivity contribution in [3.05, 3.63) is 30.3 Å². The lowest BCUT2D eigenvalue weighted by Gasteiger charge is -2.15. The number of hydrogen-bond donors (Lipinski definition) is 1. The molecule has 0 aromatic heterocycles. The van der Waals surface area contributed by atoms with Gasteiger partial charge >= 0.3 is 0 Å². The van der Waals surface area contributed by atoms with Crippen LogP contribution in [-0.2, 0) is 9.59 Å².